The van der Waals surface area contributed by atoms with Crippen LogP contribution >= 0.6 is 0 Å². The number of carbonyl (C=O) groups excluding carboxylic acids is 2. The number of carbonyl (C=O) groups is 2. The molecule has 2 saturated carbocycles. The van der Waals surface area contributed by atoms with E-state index in [0.717, 1.165) is 48.7 Å². The lowest BCUT2D eigenvalue weighted by Crippen LogP contribution is -2.36. The minimum Gasteiger partial charge on any atom is -0.352 e. The number of nitrogens with one attached hydrogen (secondary N) is 2. The fourth-order valence-electron chi connectivity index (χ4n) is 5.32. The Kier molecular flexibility index (Phi) is 3.23. The first kappa shape index (κ1) is 16.1. The molecule has 1 aromatic heterocycles. The van der Waals surface area contributed by atoms with Gasteiger partial charge in [-0.25, -0.2) is 0 Å². The van der Waals surface area contributed by atoms with Crippen molar-refractivity contribution in [3.05, 3.63) is 35.0 Å². The van der Waals surface area contributed by atoms with Gasteiger partial charge in [0.1, 0.15) is 0 Å². The van der Waals surface area contributed by atoms with E-state index in [-0.39, 0.29) is 22.5 Å². The van der Waals surface area contributed by atoms with Gasteiger partial charge in [-0.05, 0) is 61.3 Å². The lowest BCUT2D eigenvalue weighted by atomic mass is 9.68. The Morgan fingerprint density at radius 3 is 2.62 bits per heavy atom. The minimum absolute atomic E-state index is 0.0149. The van der Waals surface area contributed by atoms with Crippen molar-refractivity contribution in [2.45, 2.75) is 70.3 Å². The van der Waals surface area contributed by atoms with Crippen molar-refractivity contribution >= 4 is 22.6 Å². The van der Waals surface area contributed by atoms with Crippen LogP contribution < -0.4 is 5.32 Å². The lowest BCUT2D eigenvalue weighted by molar-refractivity contribution is 0.0782. The third kappa shape index (κ3) is 2.27. The van der Waals surface area contributed by atoms with Gasteiger partial charge in [0.05, 0.1) is 5.69 Å². The largest absolute Gasteiger partial charge is 0.352 e. The molecule has 3 aliphatic rings. The molecule has 0 bridgehead atoms. The number of hydrogen-bond donors (Lipinski definition) is 2. The average molecular weight is 350 g/mol. The number of benzene rings is 1. The van der Waals surface area contributed by atoms with Gasteiger partial charge in [-0.2, -0.15) is 0 Å². The van der Waals surface area contributed by atoms with Crippen LogP contribution in [-0.4, -0.2) is 22.7 Å². The van der Waals surface area contributed by atoms with E-state index in [9.17, 15) is 9.59 Å². The molecule has 0 atom stereocenters. The molecular formula is C22H26N2O2. The van der Waals surface area contributed by atoms with E-state index in [0.29, 0.717) is 11.6 Å². The first-order valence-corrected chi connectivity index (χ1v) is 9.92. The van der Waals surface area contributed by atoms with Gasteiger partial charge in [-0.1, -0.05) is 26.7 Å². The molecule has 1 aromatic carbocycles. The van der Waals surface area contributed by atoms with Crippen molar-refractivity contribution < 1.29 is 9.59 Å². The van der Waals surface area contributed by atoms with Crippen LogP contribution in [0.3, 0.4) is 0 Å². The summed E-state index contributed by atoms with van der Waals surface area (Å²) in [5, 5.41) is 4.24. The number of amides is 1. The van der Waals surface area contributed by atoms with Crippen LogP contribution in [0.5, 0.6) is 0 Å². The van der Waals surface area contributed by atoms with Gasteiger partial charge in [0.25, 0.3) is 5.91 Å². The first-order chi connectivity index (χ1) is 12.4. The Hall–Kier alpha value is -2.10. The van der Waals surface area contributed by atoms with E-state index in [1.807, 2.05) is 18.2 Å². The molecule has 2 fully saturated rings. The number of rotatable bonds is 2. The summed E-state index contributed by atoms with van der Waals surface area (Å²) in [6, 6.07) is 6.16. The monoisotopic (exact) mass is 350 g/mol. The van der Waals surface area contributed by atoms with E-state index in [2.05, 4.69) is 24.1 Å². The summed E-state index contributed by atoms with van der Waals surface area (Å²) in [5.74, 6) is 0.222. The fraction of sp³-hybridized carbons (Fsp3) is 0.545. The molecule has 0 radical (unpaired) electrons. The van der Waals surface area contributed by atoms with Crippen LogP contribution in [0.15, 0.2) is 18.2 Å². The van der Waals surface area contributed by atoms with E-state index >= 15 is 0 Å². The van der Waals surface area contributed by atoms with Gasteiger partial charge in [0, 0.05) is 27.9 Å². The summed E-state index contributed by atoms with van der Waals surface area (Å²) in [6.07, 6.45) is 7.77. The fourth-order valence-corrected chi connectivity index (χ4v) is 5.32. The number of Topliss-reactive ketones (excluding diaryl/α,β-unsaturated/α-hetero) is 1. The van der Waals surface area contributed by atoms with Crippen LogP contribution in [0.25, 0.3) is 10.9 Å². The molecule has 2 N–H and O–H groups in total. The van der Waals surface area contributed by atoms with Gasteiger partial charge >= 0.3 is 0 Å². The Morgan fingerprint density at radius 2 is 1.92 bits per heavy atom. The molecule has 2 aromatic rings. The minimum atomic E-state index is -0.312. The smallest absolute Gasteiger partial charge is 0.251 e. The molecule has 1 heterocycles. The second kappa shape index (κ2) is 5.21. The highest BCUT2D eigenvalue weighted by Gasteiger charge is 2.56. The zero-order valence-electron chi connectivity index (χ0n) is 15.6. The maximum Gasteiger partial charge on any atom is 0.251 e. The molecule has 136 valence electrons. The number of ketones is 1. The molecule has 4 heteroatoms. The Morgan fingerprint density at radius 1 is 1.19 bits per heavy atom. The number of fused-ring (bicyclic) bond motifs is 4. The molecule has 5 rings (SSSR count). The summed E-state index contributed by atoms with van der Waals surface area (Å²) >= 11 is 0. The SMILES string of the molecule is CC1(C)CC2(CC2)c2c([nH]c3ccc(C(=O)NC4CCCC4)cc23)C1=O. The summed E-state index contributed by atoms with van der Waals surface area (Å²) in [6.45, 7) is 4.12. The van der Waals surface area contributed by atoms with Crippen molar-refractivity contribution in [3.8, 4) is 0 Å². The molecule has 1 spiro atoms. The number of aromatic amines is 1. The third-order valence-electron chi connectivity index (χ3n) is 6.76. The molecule has 26 heavy (non-hydrogen) atoms. The Balaban J connectivity index is 1.57. The molecule has 0 aliphatic heterocycles. The molecule has 4 nitrogen and oxygen atoms in total. The van der Waals surface area contributed by atoms with Crippen molar-refractivity contribution in [3.63, 3.8) is 0 Å². The quantitative estimate of drug-likeness (QED) is 0.838. The van der Waals surface area contributed by atoms with Crippen LogP contribution in [0.4, 0.5) is 0 Å². The Labute approximate surface area is 153 Å². The lowest BCUT2D eigenvalue weighted by Gasteiger charge is -2.34. The van der Waals surface area contributed by atoms with E-state index in [4.69, 9.17) is 0 Å². The molecule has 1 amide bonds. The predicted molar refractivity (Wildman–Crippen MR) is 102 cm³/mol. The standard InChI is InChI=1S/C22H26N2O2/c1-21(2)12-22(9-10-22)17-15-11-13(20(26)23-14-5-3-4-6-14)7-8-16(15)24-18(17)19(21)25/h7-8,11,14,24H,3-6,9-10,12H2,1-2H3,(H,23,26). The van der Waals surface area contributed by atoms with Crippen LogP contribution in [-0.2, 0) is 5.41 Å². The van der Waals surface area contributed by atoms with Gasteiger partial charge < -0.3 is 10.3 Å². The summed E-state index contributed by atoms with van der Waals surface area (Å²) in [4.78, 5) is 29.0. The van der Waals surface area contributed by atoms with Gasteiger partial charge in [0.15, 0.2) is 5.78 Å². The maximum absolute atomic E-state index is 13.0. The molecular weight excluding hydrogens is 324 g/mol. The summed E-state index contributed by atoms with van der Waals surface area (Å²) in [5.41, 5.74) is 3.46. The van der Waals surface area contributed by atoms with Gasteiger partial charge in [0.2, 0.25) is 0 Å². The second-order valence-electron chi connectivity index (χ2n) is 9.26. The van der Waals surface area contributed by atoms with Crippen LogP contribution in [0.2, 0.25) is 0 Å². The summed E-state index contributed by atoms with van der Waals surface area (Å²) in [7, 11) is 0. The number of aromatic nitrogens is 1. The van der Waals surface area contributed by atoms with E-state index in [1.54, 1.807) is 0 Å². The summed E-state index contributed by atoms with van der Waals surface area (Å²) < 4.78 is 0. The topological polar surface area (TPSA) is 62.0 Å². The highest BCUT2D eigenvalue weighted by atomic mass is 16.1. The van der Waals surface area contributed by atoms with E-state index < -0.39 is 0 Å². The maximum atomic E-state index is 13.0. The molecule has 0 unspecified atom stereocenters. The van der Waals surface area contributed by atoms with E-state index in [1.165, 1.54) is 18.4 Å². The second-order valence-corrected chi connectivity index (χ2v) is 9.26. The third-order valence-corrected chi connectivity index (χ3v) is 6.76. The highest BCUT2D eigenvalue weighted by molar-refractivity contribution is 6.08. The van der Waals surface area contributed by atoms with Crippen molar-refractivity contribution in [1.82, 2.24) is 10.3 Å². The number of H-pyrrole nitrogens is 1. The average Bonchev–Trinajstić information content (AvgIpc) is 3.02. The highest BCUT2D eigenvalue weighted by Crippen LogP contribution is 2.61. The molecule has 3 aliphatic carbocycles. The Bertz CT molecular complexity index is 927. The van der Waals surface area contributed by atoms with Gasteiger partial charge in [-0.15, -0.1) is 0 Å². The van der Waals surface area contributed by atoms with Crippen molar-refractivity contribution in [2.24, 2.45) is 5.41 Å². The molecule has 0 saturated heterocycles. The number of hydrogen-bond acceptors (Lipinski definition) is 2. The van der Waals surface area contributed by atoms with Crippen molar-refractivity contribution in [1.29, 1.82) is 0 Å². The van der Waals surface area contributed by atoms with Crippen molar-refractivity contribution in [2.75, 3.05) is 0 Å². The predicted octanol–water partition coefficient (Wildman–Crippen LogP) is 4.48. The van der Waals surface area contributed by atoms with Crippen LogP contribution in [0, 0.1) is 5.41 Å². The van der Waals surface area contributed by atoms with Gasteiger partial charge in [-0.3, -0.25) is 9.59 Å². The first-order valence-electron chi connectivity index (χ1n) is 9.92. The van der Waals surface area contributed by atoms with Crippen LogP contribution in [0.1, 0.15) is 85.2 Å². The zero-order chi connectivity index (χ0) is 18.1. The zero-order valence-corrected chi connectivity index (χ0v) is 15.6. The normalized spacial score (nSPS) is 23.4.